The van der Waals surface area contributed by atoms with Gasteiger partial charge in [-0.15, -0.1) is 11.3 Å². The second kappa shape index (κ2) is 4.32. The Morgan fingerprint density at radius 3 is 3.06 bits per heavy atom. The topological polar surface area (TPSA) is 66.0 Å². The highest BCUT2D eigenvalue weighted by Crippen LogP contribution is 2.27. The Balaban J connectivity index is 2.32. The minimum absolute atomic E-state index is 0.840. The summed E-state index contributed by atoms with van der Waals surface area (Å²) in [6.45, 7) is 1.87. The molecular formula is C11H10N2O2S. The Labute approximate surface area is 96.3 Å². The summed E-state index contributed by atoms with van der Waals surface area (Å²) >= 11 is 1.47. The Morgan fingerprint density at radius 1 is 1.62 bits per heavy atom. The molecule has 0 aliphatic carbocycles. The first-order valence-corrected chi connectivity index (χ1v) is 5.50. The molecule has 82 valence electrons. The number of carbonyl (C=O) groups is 1. The fourth-order valence-corrected chi connectivity index (χ4v) is 2.25. The van der Waals surface area contributed by atoms with Gasteiger partial charge in [0.15, 0.2) is 0 Å². The highest BCUT2D eigenvalue weighted by molar-refractivity contribution is 7.16. The number of aromatic amines is 1. The van der Waals surface area contributed by atoms with E-state index in [1.165, 1.54) is 11.3 Å². The van der Waals surface area contributed by atoms with Gasteiger partial charge in [-0.25, -0.2) is 9.78 Å². The van der Waals surface area contributed by atoms with Gasteiger partial charge in [0.2, 0.25) is 0 Å². The lowest BCUT2D eigenvalue weighted by Gasteiger charge is -1.86. The molecule has 2 aromatic heterocycles. The van der Waals surface area contributed by atoms with E-state index >= 15 is 0 Å². The molecule has 0 atom stereocenters. The molecular weight excluding hydrogens is 224 g/mol. The van der Waals surface area contributed by atoms with Crippen LogP contribution in [-0.4, -0.2) is 21.0 Å². The Kier molecular flexibility index (Phi) is 2.87. The van der Waals surface area contributed by atoms with Crippen molar-refractivity contribution < 1.29 is 9.90 Å². The van der Waals surface area contributed by atoms with Crippen molar-refractivity contribution >= 4 is 23.4 Å². The molecule has 16 heavy (non-hydrogen) atoms. The van der Waals surface area contributed by atoms with Gasteiger partial charge < -0.3 is 10.1 Å². The van der Waals surface area contributed by atoms with Crippen molar-refractivity contribution in [3.8, 4) is 10.7 Å². The van der Waals surface area contributed by atoms with Gasteiger partial charge in [0.1, 0.15) is 5.01 Å². The van der Waals surface area contributed by atoms with Crippen molar-refractivity contribution in [1.82, 2.24) is 9.97 Å². The van der Waals surface area contributed by atoms with Gasteiger partial charge in [0.25, 0.3) is 0 Å². The maximum absolute atomic E-state index is 10.4. The van der Waals surface area contributed by atoms with E-state index in [1.54, 1.807) is 6.08 Å². The number of hydrogen-bond acceptors (Lipinski definition) is 3. The van der Waals surface area contributed by atoms with Gasteiger partial charge >= 0.3 is 5.97 Å². The van der Waals surface area contributed by atoms with Crippen molar-refractivity contribution in [3.05, 3.63) is 35.0 Å². The van der Waals surface area contributed by atoms with Crippen molar-refractivity contribution in [2.75, 3.05) is 0 Å². The number of aromatic nitrogens is 2. The molecule has 0 bridgehead atoms. The standard InChI is InChI=1S/C11H10N2O2S/c1-7-9(4-5-10(14)15)16-11(13-7)8-3-2-6-12-8/h2-6,12H,1H3,(H,14,15)/b5-4+. The highest BCUT2D eigenvalue weighted by atomic mass is 32.1. The molecule has 0 aromatic carbocycles. The first-order valence-electron chi connectivity index (χ1n) is 4.69. The number of aliphatic carboxylic acids is 1. The van der Waals surface area contributed by atoms with Crippen molar-refractivity contribution in [3.63, 3.8) is 0 Å². The number of carboxylic acid groups (broad SMARTS) is 1. The third-order valence-electron chi connectivity index (χ3n) is 2.04. The zero-order chi connectivity index (χ0) is 11.5. The summed E-state index contributed by atoms with van der Waals surface area (Å²) in [6, 6.07) is 3.84. The van der Waals surface area contributed by atoms with Gasteiger partial charge in [-0.1, -0.05) is 0 Å². The van der Waals surface area contributed by atoms with Crippen LogP contribution in [-0.2, 0) is 4.79 Å². The summed E-state index contributed by atoms with van der Waals surface area (Å²) in [5, 5.41) is 9.42. The number of thiazole rings is 1. The molecule has 4 nitrogen and oxygen atoms in total. The SMILES string of the molecule is Cc1nc(-c2ccc[nH]2)sc1/C=C/C(=O)O. The molecule has 0 amide bonds. The van der Waals surface area contributed by atoms with Crippen LogP contribution in [0.15, 0.2) is 24.4 Å². The summed E-state index contributed by atoms with van der Waals surface area (Å²) in [5.41, 5.74) is 1.79. The normalized spacial score (nSPS) is 11.1. The number of H-pyrrole nitrogens is 1. The van der Waals surface area contributed by atoms with Gasteiger partial charge in [-0.3, -0.25) is 0 Å². The molecule has 2 rings (SSSR count). The number of nitrogens with zero attached hydrogens (tertiary/aromatic N) is 1. The van der Waals surface area contributed by atoms with Crippen LogP contribution in [0.4, 0.5) is 0 Å². The number of hydrogen-bond donors (Lipinski definition) is 2. The average molecular weight is 234 g/mol. The Bertz CT molecular complexity index is 526. The molecule has 2 heterocycles. The maximum Gasteiger partial charge on any atom is 0.328 e. The van der Waals surface area contributed by atoms with Gasteiger partial charge in [0.05, 0.1) is 16.3 Å². The minimum atomic E-state index is -0.950. The molecule has 0 radical (unpaired) electrons. The number of carboxylic acids is 1. The summed E-state index contributed by atoms with van der Waals surface area (Å²) in [7, 11) is 0. The molecule has 0 spiro atoms. The van der Waals surface area contributed by atoms with E-state index in [9.17, 15) is 4.79 Å². The molecule has 5 heteroatoms. The zero-order valence-corrected chi connectivity index (χ0v) is 9.41. The van der Waals surface area contributed by atoms with Crippen LogP contribution in [0, 0.1) is 6.92 Å². The van der Waals surface area contributed by atoms with Crippen LogP contribution in [0.3, 0.4) is 0 Å². The van der Waals surface area contributed by atoms with Crippen molar-refractivity contribution in [1.29, 1.82) is 0 Å². The first kappa shape index (κ1) is 10.6. The van der Waals surface area contributed by atoms with Crippen LogP contribution in [0.1, 0.15) is 10.6 Å². The lowest BCUT2D eigenvalue weighted by molar-refractivity contribution is -0.131. The second-order valence-corrected chi connectivity index (χ2v) is 4.25. The molecule has 0 aliphatic rings. The van der Waals surface area contributed by atoms with Crippen molar-refractivity contribution in [2.24, 2.45) is 0 Å². The van der Waals surface area contributed by atoms with E-state index in [2.05, 4.69) is 9.97 Å². The zero-order valence-electron chi connectivity index (χ0n) is 8.60. The average Bonchev–Trinajstić information content (AvgIpc) is 2.83. The summed E-state index contributed by atoms with van der Waals surface area (Å²) in [5.74, 6) is -0.950. The fraction of sp³-hybridized carbons (Fsp3) is 0.0909. The quantitative estimate of drug-likeness (QED) is 0.802. The molecule has 0 fully saturated rings. The van der Waals surface area contributed by atoms with E-state index < -0.39 is 5.97 Å². The van der Waals surface area contributed by atoms with Crippen LogP contribution in [0.5, 0.6) is 0 Å². The highest BCUT2D eigenvalue weighted by Gasteiger charge is 2.07. The Hall–Kier alpha value is -1.88. The largest absolute Gasteiger partial charge is 0.478 e. The predicted molar refractivity (Wildman–Crippen MR) is 63.3 cm³/mol. The molecule has 2 N–H and O–H groups in total. The van der Waals surface area contributed by atoms with Crippen LogP contribution < -0.4 is 0 Å². The van der Waals surface area contributed by atoms with E-state index in [-0.39, 0.29) is 0 Å². The second-order valence-electron chi connectivity index (χ2n) is 3.22. The number of aryl methyl sites for hydroxylation is 1. The molecule has 0 unspecified atom stereocenters. The smallest absolute Gasteiger partial charge is 0.328 e. The fourth-order valence-electron chi connectivity index (χ4n) is 1.29. The lowest BCUT2D eigenvalue weighted by Crippen LogP contribution is -1.85. The predicted octanol–water partition coefficient (Wildman–Crippen LogP) is 2.54. The molecule has 2 aromatic rings. The van der Waals surface area contributed by atoms with Crippen molar-refractivity contribution in [2.45, 2.75) is 6.92 Å². The third-order valence-corrected chi connectivity index (χ3v) is 3.19. The van der Waals surface area contributed by atoms with Gasteiger partial charge in [-0.2, -0.15) is 0 Å². The molecule has 0 aliphatic heterocycles. The van der Waals surface area contributed by atoms with E-state index in [0.717, 1.165) is 27.3 Å². The lowest BCUT2D eigenvalue weighted by atomic mass is 10.3. The number of rotatable bonds is 3. The summed E-state index contributed by atoms with van der Waals surface area (Å²) in [6.07, 6.45) is 4.53. The summed E-state index contributed by atoms with van der Waals surface area (Å²) < 4.78 is 0. The van der Waals surface area contributed by atoms with Crippen LogP contribution in [0.2, 0.25) is 0 Å². The monoisotopic (exact) mass is 234 g/mol. The maximum atomic E-state index is 10.4. The van der Waals surface area contributed by atoms with Crippen LogP contribution >= 0.6 is 11.3 Å². The van der Waals surface area contributed by atoms with E-state index in [1.807, 2.05) is 25.3 Å². The number of nitrogens with one attached hydrogen (secondary N) is 1. The van der Waals surface area contributed by atoms with Gasteiger partial charge in [0, 0.05) is 12.3 Å². The van der Waals surface area contributed by atoms with Crippen LogP contribution in [0.25, 0.3) is 16.8 Å². The minimum Gasteiger partial charge on any atom is -0.478 e. The first-order chi connectivity index (χ1) is 7.66. The van der Waals surface area contributed by atoms with E-state index in [4.69, 9.17) is 5.11 Å². The molecule has 0 saturated heterocycles. The molecule has 0 saturated carbocycles. The summed E-state index contributed by atoms with van der Waals surface area (Å²) in [4.78, 5) is 18.7. The Morgan fingerprint density at radius 2 is 2.44 bits per heavy atom. The third kappa shape index (κ3) is 2.20. The van der Waals surface area contributed by atoms with E-state index in [0.29, 0.717) is 0 Å². The van der Waals surface area contributed by atoms with Gasteiger partial charge in [-0.05, 0) is 25.1 Å².